The molecule has 1 aliphatic rings. The number of hydrogen-bond acceptors (Lipinski definition) is 6. The second-order valence-electron chi connectivity index (χ2n) is 5.92. The normalized spacial score (nSPS) is 13.5. The largest absolute Gasteiger partial charge is 0.456 e. The molecule has 26 heavy (non-hydrogen) atoms. The standard InChI is InChI=1S/C17H18N2O5S2/c18-26(22,23)14-2-3-15-13(9-14)5-7-19(15)16(20)10-24-17(21)4-1-12-6-8-25-11-12/h2-3,6,8-9,11H,1,4-5,7,10H2,(H2,18,22,23). The summed E-state index contributed by atoms with van der Waals surface area (Å²) < 4.78 is 27.9. The van der Waals surface area contributed by atoms with E-state index in [1.165, 1.54) is 17.0 Å². The van der Waals surface area contributed by atoms with Gasteiger partial charge in [-0.2, -0.15) is 11.3 Å². The highest BCUT2D eigenvalue weighted by Gasteiger charge is 2.26. The monoisotopic (exact) mass is 394 g/mol. The van der Waals surface area contributed by atoms with Crippen molar-refractivity contribution in [1.82, 2.24) is 0 Å². The molecule has 2 N–H and O–H groups in total. The summed E-state index contributed by atoms with van der Waals surface area (Å²) in [5.41, 5.74) is 2.42. The molecule has 2 aromatic rings. The van der Waals surface area contributed by atoms with E-state index in [0.717, 1.165) is 11.1 Å². The Balaban J connectivity index is 1.56. The summed E-state index contributed by atoms with van der Waals surface area (Å²) in [4.78, 5) is 25.6. The number of rotatable bonds is 6. The van der Waals surface area contributed by atoms with Gasteiger partial charge in [-0.1, -0.05) is 0 Å². The Labute approximate surface area is 155 Å². The van der Waals surface area contributed by atoms with Crippen LogP contribution in [0.3, 0.4) is 0 Å². The number of ether oxygens (including phenoxy) is 1. The number of sulfonamides is 1. The first-order valence-electron chi connectivity index (χ1n) is 7.97. The predicted octanol–water partition coefficient (Wildman–Crippen LogP) is 1.46. The van der Waals surface area contributed by atoms with Crippen LogP contribution in [0, 0.1) is 0 Å². The summed E-state index contributed by atoms with van der Waals surface area (Å²) in [6.07, 6.45) is 1.33. The lowest BCUT2D eigenvalue weighted by molar-refractivity contribution is -0.147. The molecule has 7 nitrogen and oxygen atoms in total. The topological polar surface area (TPSA) is 107 Å². The van der Waals surface area contributed by atoms with Crippen LogP contribution in [0.25, 0.3) is 0 Å². The lowest BCUT2D eigenvalue weighted by Gasteiger charge is -2.17. The quantitative estimate of drug-likeness (QED) is 0.747. The highest BCUT2D eigenvalue weighted by molar-refractivity contribution is 7.89. The summed E-state index contributed by atoms with van der Waals surface area (Å²) in [5, 5.41) is 9.03. The van der Waals surface area contributed by atoms with Gasteiger partial charge in [-0.15, -0.1) is 0 Å². The molecule has 0 spiro atoms. The molecule has 9 heteroatoms. The first kappa shape index (κ1) is 18.6. The molecule has 0 fully saturated rings. The third kappa shape index (κ3) is 4.29. The first-order chi connectivity index (χ1) is 12.3. The number of esters is 1. The van der Waals surface area contributed by atoms with Gasteiger partial charge in [0.1, 0.15) is 0 Å². The van der Waals surface area contributed by atoms with Crippen molar-refractivity contribution in [3.63, 3.8) is 0 Å². The van der Waals surface area contributed by atoms with Crippen molar-refractivity contribution in [3.8, 4) is 0 Å². The number of amides is 1. The molecule has 0 atom stereocenters. The van der Waals surface area contributed by atoms with Crippen LogP contribution in [-0.2, 0) is 37.2 Å². The van der Waals surface area contributed by atoms with E-state index >= 15 is 0 Å². The molecule has 1 aromatic carbocycles. The van der Waals surface area contributed by atoms with Crippen molar-refractivity contribution >= 4 is 38.9 Å². The summed E-state index contributed by atoms with van der Waals surface area (Å²) >= 11 is 1.56. The molecular formula is C17H18N2O5S2. The van der Waals surface area contributed by atoms with Gasteiger partial charge in [-0.3, -0.25) is 9.59 Å². The number of primary sulfonamides is 1. The number of nitrogens with zero attached hydrogens (tertiary/aromatic N) is 1. The molecule has 0 aliphatic carbocycles. The van der Waals surface area contributed by atoms with Gasteiger partial charge in [-0.25, -0.2) is 13.6 Å². The fraction of sp³-hybridized carbons (Fsp3) is 0.294. The first-order valence-corrected chi connectivity index (χ1v) is 10.5. The Morgan fingerprint density at radius 2 is 2.08 bits per heavy atom. The van der Waals surface area contributed by atoms with Gasteiger partial charge in [0.2, 0.25) is 10.0 Å². The van der Waals surface area contributed by atoms with Crippen LogP contribution < -0.4 is 10.0 Å². The molecule has 0 bridgehead atoms. The van der Waals surface area contributed by atoms with Crippen LogP contribution >= 0.6 is 11.3 Å². The Morgan fingerprint density at radius 3 is 2.77 bits per heavy atom. The number of hydrogen-bond donors (Lipinski definition) is 1. The van der Waals surface area contributed by atoms with Crippen LogP contribution in [0.2, 0.25) is 0 Å². The number of benzene rings is 1. The molecule has 1 aliphatic heterocycles. The van der Waals surface area contributed by atoms with Gasteiger partial charge in [0.25, 0.3) is 5.91 Å². The van der Waals surface area contributed by atoms with E-state index in [9.17, 15) is 18.0 Å². The molecule has 1 amide bonds. The van der Waals surface area contributed by atoms with Gasteiger partial charge >= 0.3 is 5.97 Å². The van der Waals surface area contributed by atoms with E-state index in [1.807, 2.05) is 16.8 Å². The van der Waals surface area contributed by atoms with E-state index in [1.54, 1.807) is 17.4 Å². The summed E-state index contributed by atoms with van der Waals surface area (Å²) in [5.74, 6) is -0.760. The van der Waals surface area contributed by atoms with Crippen LogP contribution in [0.5, 0.6) is 0 Å². The van der Waals surface area contributed by atoms with Crippen LogP contribution in [0.1, 0.15) is 17.5 Å². The molecule has 138 valence electrons. The van der Waals surface area contributed by atoms with E-state index in [0.29, 0.717) is 25.1 Å². The Morgan fingerprint density at radius 1 is 1.27 bits per heavy atom. The molecule has 0 unspecified atom stereocenters. The molecule has 0 radical (unpaired) electrons. The maximum Gasteiger partial charge on any atom is 0.306 e. The average Bonchev–Trinajstić information content (AvgIpc) is 3.25. The lowest BCUT2D eigenvalue weighted by Crippen LogP contribution is -2.33. The number of fused-ring (bicyclic) bond motifs is 1. The minimum atomic E-state index is -3.78. The number of thiophene rings is 1. The number of aryl methyl sites for hydroxylation is 1. The molecule has 2 heterocycles. The minimum absolute atomic E-state index is 0.0189. The number of nitrogens with two attached hydrogens (primary N) is 1. The zero-order valence-electron chi connectivity index (χ0n) is 13.9. The summed E-state index contributed by atoms with van der Waals surface area (Å²) in [6, 6.07) is 6.34. The highest BCUT2D eigenvalue weighted by Crippen LogP contribution is 2.30. The minimum Gasteiger partial charge on any atom is -0.456 e. The van der Waals surface area contributed by atoms with Crippen LogP contribution in [0.15, 0.2) is 39.9 Å². The summed E-state index contributed by atoms with van der Waals surface area (Å²) in [7, 11) is -3.78. The van der Waals surface area contributed by atoms with Crippen molar-refractivity contribution in [1.29, 1.82) is 0 Å². The third-order valence-corrected chi connectivity index (χ3v) is 5.77. The second-order valence-corrected chi connectivity index (χ2v) is 8.26. The summed E-state index contributed by atoms with van der Waals surface area (Å²) in [6.45, 7) is 0.0769. The van der Waals surface area contributed by atoms with E-state index < -0.39 is 16.0 Å². The molecule has 0 saturated carbocycles. The number of carbonyl (C=O) groups is 2. The van der Waals surface area contributed by atoms with Gasteiger partial charge < -0.3 is 9.64 Å². The van der Waals surface area contributed by atoms with Gasteiger partial charge in [0.05, 0.1) is 4.90 Å². The molecule has 0 saturated heterocycles. The Kier molecular flexibility index (Phi) is 5.40. The fourth-order valence-electron chi connectivity index (χ4n) is 2.79. The second kappa shape index (κ2) is 7.56. The number of anilines is 1. The average molecular weight is 394 g/mol. The molecule has 3 rings (SSSR count). The van der Waals surface area contributed by atoms with E-state index in [-0.39, 0.29) is 23.8 Å². The SMILES string of the molecule is NS(=O)(=O)c1ccc2c(c1)CCN2C(=O)COC(=O)CCc1ccsc1. The van der Waals surface area contributed by atoms with Crippen LogP contribution in [0.4, 0.5) is 5.69 Å². The third-order valence-electron chi connectivity index (χ3n) is 4.13. The van der Waals surface area contributed by atoms with Crippen LogP contribution in [-0.4, -0.2) is 33.4 Å². The lowest BCUT2D eigenvalue weighted by atomic mass is 10.2. The Bertz CT molecular complexity index is 923. The van der Waals surface area contributed by atoms with Gasteiger partial charge in [-0.05, 0) is 59.0 Å². The zero-order valence-corrected chi connectivity index (χ0v) is 15.5. The zero-order chi connectivity index (χ0) is 18.7. The van der Waals surface area contributed by atoms with Crippen molar-refractivity contribution in [2.45, 2.75) is 24.2 Å². The van der Waals surface area contributed by atoms with E-state index in [4.69, 9.17) is 9.88 Å². The van der Waals surface area contributed by atoms with Crippen molar-refractivity contribution in [3.05, 3.63) is 46.2 Å². The predicted molar refractivity (Wildman–Crippen MR) is 97.5 cm³/mol. The maximum absolute atomic E-state index is 12.3. The van der Waals surface area contributed by atoms with Crippen molar-refractivity contribution < 1.29 is 22.7 Å². The van der Waals surface area contributed by atoms with E-state index in [2.05, 4.69) is 0 Å². The maximum atomic E-state index is 12.3. The molecular weight excluding hydrogens is 376 g/mol. The van der Waals surface area contributed by atoms with Crippen molar-refractivity contribution in [2.24, 2.45) is 5.14 Å². The van der Waals surface area contributed by atoms with Gasteiger partial charge in [0, 0.05) is 18.7 Å². The number of carbonyl (C=O) groups excluding carboxylic acids is 2. The smallest absolute Gasteiger partial charge is 0.306 e. The van der Waals surface area contributed by atoms with Crippen molar-refractivity contribution in [2.75, 3.05) is 18.1 Å². The Hall–Kier alpha value is -2.23. The van der Waals surface area contributed by atoms with Gasteiger partial charge in [0.15, 0.2) is 6.61 Å². The molecule has 1 aromatic heterocycles. The highest BCUT2D eigenvalue weighted by atomic mass is 32.2. The fourth-order valence-corrected chi connectivity index (χ4v) is 4.06.